The molecule has 0 aromatic rings. The lowest BCUT2D eigenvalue weighted by molar-refractivity contribution is -0.127. The summed E-state index contributed by atoms with van der Waals surface area (Å²) in [5, 5.41) is 0. The van der Waals surface area contributed by atoms with Crippen LogP contribution in [0.15, 0.2) is 0 Å². The van der Waals surface area contributed by atoms with Crippen LogP contribution in [0.5, 0.6) is 0 Å². The topological polar surface area (TPSA) is 17.1 Å². The highest BCUT2D eigenvalue weighted by Gasteiger charge is 2.63. The van der Waals surface area contributed by atoms with Crippen LogP contribution in [0.3, 0.4) is 0 Å². The van der Waals surface area contributed by atoms with E-state index in [1.165, 1.54) is 6.42 Å². The molecule has 2 rings (SSSR count). The quantitative estimate of drug-likeness (QED) is 0.619. The van der Waals surface area contributed by atoms with Crippen molar-refractivity contribution in [3.8, 4) is 0 Å². The highest BCUT2D eigenvalue weighted by Crippen LogP contribution is 2.64. The molecule has 0 aromatic carbocycles. The minimum absolute atomic E-state index is 0.0687. The maximum absolute atomic E-state index is 11.8. The largest absolute Gasteiger partial charge is 0.299 e. The van der Waals surface area contributed by atoms with Crippen molar-refractivity contribution in [2.24, 2.45) is 16.7 Å². The Kier molecular flexibility index (Phi) is 1.64. The molecule has 0 saturated heterocycles. The van der Waals surface area contributed by atoms with Gasteiger partial charge in [-0.1, -0.05) is 13.8 Å². The molecular weight excluding hydrogens is 168 g/mol. The van der Waals surface area contributed by atoms with Crippen LogP contribution in [0.1, 0.15) is 33.1 Å². The van der Waals surface area contributed by atoms with Gasteiger partial charge < -0.3 is 0 Å². The first-order valence-electron chi connectivity index (χ1n) is 4.69. The minimum atomic E-state index is -0.0687. The fraction of sp³-hybridized carbons (Fsp3) is 0.900. The van der Waals surface area contributed by atoms with Crippen LogP contribution in [0, 0.1) is 16.7 Å². The Morgan fingerprint density at radius 2 is 2.25 bits per heavy atom. The number of hydrogen-bond donors (Lipinski definition) is 1. The van der Waals surface area contributed by atoms with Crippen molar-refractivity contribution >= 4 is 18.4 Å². The Bertz CT molecular complexity index is 234. The second-order valence-electron chi connectivity index (χ2n) is 4.82. The first-order valence-corrected chi connectivity index (χ1v) is 5.32. The summed E-state index contributed by atoms with van der Waals surface area (Å²) in [4.78, 5) is 11.8. The highest BCUT2D eigenvalue weighted by molar-refractivity contribution is 7.80. The molecule has 1 nitrogen and oxygen atoms in total. The van der Waals surface area contributed by atoms with Crippen molar-refractivity contribution in [1.82, 2.24) is 0 Å². The van der Waals surface area contributed by atoms with Gasteiger partial charge in [0, 0.05) is 17.6 Å². The molecule has 2 aliphatic rings. The van der Waals surface area contributed by atoms with Crippen LogP contribution in [0.4, 0.5) is 0 Å². The summed E-state index contributed by atoms with van der Waals surface area (Å²) in [6, 6.07) is 0. The summed E-state index contributed by atoms with van der Waals surface area (Å²) in [5.41, 5.74) is 0.145. The molecule has 12 heavy (non-hydrogen) atoms. The number of rotatable bonds is 1. The first-order chi connectivity index (χ1) is 5.54. The van der Waals surface area contributed by atoms with E-state index in [4.69, 9.17) is 0 Å². The number of hydrogen-bond acceptors (Lipinski definition) is 2. The van der Waals surface area contributed by atoms with Gasteiger partial charge in [0.1, 0.15) is 5.78 Å². The summed E-state index contributed by atoms with van der Waals surface area (Å²) in [7, 11) is 0. The predicted molar refractivity (Wildman–Crippen MR) is 52.4 cm³/mol. The molecule has 0 heterocycles. The van der Waals surface area contributed by atoms with Crippen molar-refractivity contribution < 1.29 is 4.79 Å². The molecule has 2 heteroatoms. The van der Waals surface area contributed by atoms with Crippen LogP contribution >= 0.6 is 12.6 Å². The molecule has 2 bridgehead atoms. The average molecular weight is 184 g/mol. The second-order valence-corrected chi connectivity index (χ2v) is 5.14. The number of ketones is 1. The molecule has 0 amide bonds. The van der Waals surface area contributed by atoms with Crippen LogP contribution in [0.25, 0.3) is 0 Å². The van der Waals surface area contributed by atoms with E-state index >= 15 is 0 Å². The van der Waals surface area contributed by atoms with Crippen LogP contribution in [-0.4, -0.2) is 11.5 Å². The van der Waals surface area contributed by atoms with Gasteiger partial charge in [0.2, 0.25) is 0 Å². The molecule has 2 aliphatic carbocycles. The summed E-state index contributed by atoms with van der Waals surface area (Å²) in [6.07, 6.45) is 3.12. The smallest absolute Gasteiger partial charge is 0.140 e. The molecular formula is C10H16OS. The number of carbonyl (C=O) groups excluding carboxylic acids is 1. The van der Waals surface area contributed by atoms with Gasteiger partial charge in [0.25, 0.3) is 0 Å². The first kappa shape index (κ1) is 8.61. The zero-order valence-corrected chi connectivity index (χ0v) is 8.66. The molecule has 2 fully saturated rings. The third-order valence-electron chi connectivity index (χ3n) is 4.41. The number of fused-ring (bicyclic) bond motifs is 2. The van der Waals surface area contributed by atoms with Crippen LogP contribution in [-0.2, 0) is 4.79 Å². The van der Waals surface area contributed by atoms with Crippen LogP contribution < -0.4 is 0 Å². The van der Waals surface area contributed by atoms with Gasteiger partial charge in [0.15, 0.2) is 0 Å². The Morgan fingerprint density at radius 1 is 1.58 bits per heavy atom. The molecule has 0 spiro atoms. The molecule has 0 unspecified atom stereocenters. The van der Waals surface area contributed by atoms with Gasteiger partial charge in [-0.3, -0.25) is 4.79 Å². The zero-order chi connectivity index (χ0) is 8.98. The lowest BCUT2D eigenvalue weighted by Crippen LogP contribution is -2.37. The third-order valence-corrected chi connectivity index (χ3v) is 4.95. The highest BCUT2D eigenvalue weighted by atomic mass is 32.1. The van der Waals surface area contributed by atoms with E-state index in [0.29, 0.717) is 11.7 Å². The van der Waals surface area contributed by atoms with Gasteiger partial charge >= 0.3 is 0 Å². The molecule has 0 N–H and O–H groups in total. The number of carbonyl (C=O) groups is 1. The molecule has 2 atom stereocenters. The molecule has 68 valence electrons. The Hall–Kier alpha value is 0.0200. The Labute approximate surface area is 79.3 Å². The van der Waals surface area contributed by atoms with Gasteiger partial charge in [-0.05, 0) is 24.2 Å². The Balaban J connectivity index is 2.46. The van der Waals surface area contributed by atoms with Crippen molar-refractivity contribution in [2.75, 3.05) is 5.75 Å². The van der Waals surface area contributed by atoms with Crippen LogP contribution in [0.2, 0.25) is 0 Å². The molecule has 0 aromatic heterocycles. The lowest BCUT2D eigenvalue weighted by Gasteiger charge is -2.34. The Morgan fingerprint density at radius 3 is 2.50 bits per heavy atom. The van der Waals surface area contributed by atoms with Gasteiger partial charge in [-0.25, -0.2) is 0 Å². The third kappa shape index (κ3) is 0.704. The van der Waals surface area contributed by atoms with E-state index < -0.39 is 0 Å². The monoisotopic (exact) mass is 184 g/mol. The summed E-state index contributed by atoms with van der Waals surface area (Å²) in [5.74, 6) is 1.85. The van der Waals surface area contributed by atoms with Crippen molar-refractivity contribution in [3.63, 3.8) is 0 Å². The number of Topliss-reactive ketones (excluding diaryl/α,β-unsaturated/α-hetero) is 1. The van der Waals surface area contributed by atoms with E-state index in [1.54, 1.807) is 0 Å². The van der Waals surface area contributed by atoms with E-state index in [2.05, 4.69) is 26.5 Å². The van der Waals surface area contributed by atoms with Gasteiger partial charge in [-0.15, -0.1) is 0 Å². The van der Waals surface area contributed by atoms with Gasteiger partial charge in [-0.2, -0.15) is 12.6 Å². The molecule has 0 aliphatic heterocycles. The average Bonchev–Trinajstić information content (AvgIpc) is 2.36. The van der Waals surface area contributed by atoms with Crippen molar-refractivity contribution in [3.05, 3.63) is 0 Å². The van der Waals surface area contributed by atoms with E-state index in [-0.39, 0.29) is 10.8 Å². The number of thiol groups is 1. The van der Waals surface area contributed by atoms with E-state index in [9.17, 15) is 4.79 Å². The second kappa shape index (κ2) is 2.28. The fourth-order valence-electron chi connectivity index (χ4n) is 3.14. The van der Waals surface area contributed by atoms with Crippen molar-refractivity contribution in [2.45, 2.75) is 33.1 Å². The summed E-state index contributed by atoms with van der Waals surface area (Å²) >= 11 is 4.36. The van der Waals surface area contributed by atoms with E-state index in [0.717, 1.165) is 18.6 Å². The summed E-state index contributed by atoms with van der Waals surface area (Å²) in [6.45, 7) is 4.48. The normalized spacial score (nSPS) is 43.9. The molecule has 0 radical (unpaired) electrons. The standard InChI is InChI=1S/C10H16OS/c1-9(2)7-3-4-10(9,6-12)8(11)5-7/h7,12H,3-6H2,1-2H3/t7-,10+/m0/s1. The van der Waals surface area contributed by atoms with Gasteiger partial charge in [0.05, 0.1) is 0 Å². The SMILES string of the molecule is CC1(C)[C@H]2CC[C@@]1(CS)C(=O)C2. The maximum atomic E-state index is 11.8. The predicted octanol–water partition coefficient (Wildman–Crippen LogP) is 2.31. The van der Waals surface area contributed by atoms with E-state index in [1.807, 2.05) is 0 Å². The fourth-order valence-corrected chi connectivity index (χ4v) is 3.88. The molecule has 2 saturated carbocycles. The lowest BCUT2D eigenvalue weighted by atomic mass is 9.70. The minimum Gasteiger partial charge on any atom is -0.299 e. The van der Waals surface area contributed by atoms with Crippen molar-refractivity contribution in [1.29, 1.82) is 0 Å². The summed E-state index contributed by atoms with van der Waals surface area (Å²) < 4.78 is 0. The zero-order valence-electron chi connectivity index (χ0n) is 7.76. The maximum Gasteiger partial charge on any atom is 0.140 e.